The largest absolute Gasteiger partial charge is 0.467 e. The first kappa shape index (κ1) is 14.2. The molecule has 100 valence electrons. The molecule has 1 atom stereocenters. The molecule has 2 N–H and O–H groups in total. The van der Waals surface area contributed by atoms with Crippen molar-refractivity contribution in [3.05, 3.63) is 11.9 Å². The standard InChI is InChI=1S/C12H20N4O2/c1-5-6-13-10-7-11(16-9(3)15-10)14-8(2)12(17)18-4/h7-8H,5-6H2,1-4H3,(H2,13,14,15,16). The number of nitrogens with one attached hydrogen (secondary N) is 2. The summed E-state index contributed by atoms with van der Waals surface area (Å²) in [5, 5.41) is 6.17. The van der Waals surface area contributed by atoms with Crippen molar-refractivity contribution in [2.45, 2.75) is 33.2 Å². The lowest BCUT2D eigenvalue weighted by atomic mass is 10.3. The highest BCUT2D eigenvalue weighted by Crippen LogP contribution is 2.12. The van der Waals surface area contributed by atoms with Gasteiger partial charge in [0.1, 0.15) is 23.5 Å². The monoisotopic (exact) mass is 252 g/mol. The van der Waals surface area contributed by atoms with Crippen LogP contribution in [0.15, 0.2) is 6.07 Å². The summed E-state index contributed by atoms with van der Waals surface area (Å²) in [4.78, 5) is 19.8. The molecular formula is C12H20N4O2. The molecule has 0 saturated heterocycles. The van der Waals surface area contributed by atoms with Gasteiger partial charge in [-0.1, -0.05) is 6.92 Å². The van der Waals surface area contributed by atoms with Crippen LogP contribution in [0.1, 0.15) is 26.1 Å². The number of nitrogens with zero attached hydrogens (tertiary/aromatic N) is 2. The topological polar surface area (TPSA) is 76.1 Å². The van der Waals surface area contributed by atoms with Gasteiger partial charge < -0.3 is 15.4 Å². The molecule has 6 nitrogen and oxygen atoms in total. The Kier molecular flexibility index (Phi) is 5.35. The highest BCUT2D eigenvalue weighted by molar-refractivity contribution is 5.78. The van der Waals surface area contributed by atoms with E-state index in [-0.39, 0.29) is 5.97 Å². The fourth-order valence-corrected chi connectivity index (χ4v) is 1.44. The molecule has 0 aliphatic heterocycles. The lowest BCUT2D eigenvalue weighted by Crippen LogP contribution is -2.27. The molecule has 0 aliphatic rings. The summed E-state index contributed by atoms with van der Waals surface area (Å²) < 4.78 is 4.65. The molecule has 0 spiro atoms. The summed E-state index contributed by atoms with van der Waals surface area (Å²) >= 11 is 0. The first-order valence-electron chi connectivity index (χ1n) is 6.00. The minimum absolute atomic E-state index is 0.325. The number of anilines is 2. The summed E-state index contributed by atoms with van der Waals surface area (Å²) in [7, 11) is 1.36. The van der Waals surface area contributed by atoms with Gasteiger partial charge in [0, 0.05) is 12.6 Å². The third kappa shape index (κ3) is 4.20. The predicted molar refractivity (Wildman–Crippen MR) is 70.7 cm³/mol. The van der Waals surface area contributed by atoms with E-state index in [1.54, 1.807) is 13.0 Å². The summed E-state index contributed by atoms with van der Waals surface area (Å²) in [5.41, 5.74) is 0. The summed E-state index contributed by atoms with van der Waals surface area (Å²) in [6.45, 7) is 6.47. The number of ether oxygens (including phenoxy) is 1. The van der Waals surface area contributed by atoms with E-state index in [1.807, 2.05) is 6.92 Å². The van der Waals surface area contributed by atoms with Crippen LogP contribution in [0.3, 0.4) is 0 Å². The van der Waals surface area contributed by atoms with Crippen LogP contribution < -0.4 is 10.6 Å². The number of hydrogen-bond donors (Lipinski definition) is 2. The smallest absolute Gasteiger partial charge is 0.328 e. The van der Waals surface area contributed by atoms with Gasteiger partial charge in [0.2, 0.25) is 0 Å². The van der Waals surface area contributed by atoms with E-state index < -0.39 is 6.04 Å². The number of esters is 1. The Labute approximate surface area is 107 Å². The molecule has 18 heavy (non-hydrogen) atoms. The number of methoxy groups -OCH3 is 1. The highest BCUT2D eigenvalue weighted by Gasteiger charge is 2.13. The minimum Gasteiger partial charge on any atom is -0.467 e. The number of aryl methyl sites for hydroxylation is 1. The van der Waals surface area contributed by atoms with E-state index in [1.165, 1.54) is 7.11 Å². The van der Waals surface area contributed by atoms with Crippen molar-refractivity contribution < 1.29 is 9.53 Å². The molecule has 0 bridgehead atoms. The van der Waals surface area contributed by atoms with E-state index in [2.05, 4.69) is 32.3 Å². The molecule has 0 saturated carbocycles. The summed E-state index contributed by atoms with van der Waals surface area (Å²) in [5.74, 6) is 1.69. The third-order valence-electron chi connectivity index (χ3n) is 2.31. The van der Waals surface area contributed by atoms with Crippen LogP contribution in [-0.4, -0.2) is 35.6 Å². The van der Waals surface area contributed by atoms with Gasteiger partial charge in [-0.05, 0) is 20.3 Å². The second kappa shape index (κ2) is 6.78. The molecule has 0 fully saturated rings. The van der Waals surface area contributed by atoms with Crippen LogP contribution in [0.5, 0.6) is 0 Å². The Hall–Kier alpha value is -1.85. The maximum atomic E-state index is 11.3. The molecule has 1 rings (SSSR count). The van der Waals surface area contributed by atoms with Crippen molar-refractivity contribution in [2.75, 3.05) is 24.3 Å². The molecule has 1 heterocycles. The van der Waals surface area contributed by atoms with E-state index in [4.69, 9.17) is 0 Å². The van der Waals surface area contributed by atoms with Crippen LogP contribution in [0.2, 0.25) is 0 Å². The van der Waals surface area contributed by atoms with Gasteiger partial charge in [-0.3, -0.25) is 0 Å². The number of hydrogen-bond acceptors (Lipinski definition) is 6. The van der Waals surface area contributed by atoms with Crippen LogP contribution in [0, 0.1) is 6.92 Å². The predicted octanol–water partition coefficient (Wildman–Crippen LogP) is 1.58. The van der Waals surface area contributed by atoms with E-state index in [0.717, 1.165) is 18.8 Å². The zero-order chi connectivity index (χ0) is 13.5. The van der Waals surface area contributed by atoms with Crippen LogP contribution in [-0.2, 0) is 9.53 Å². The van der Waals surface area contributed by atoms with Gasteiger partial charge in [-0.15, -0.1) is 0 Å². The third-order valence-corrected chi connectivity index (χ3v) is 2.31. The Balaban J connectivity index is 2.76. The average Bonchev–Trinajstić information content (AvgIpc) is 2.34. The fraction of sp³-hybridized carbons (Fsp3) is 0.583. The Morgan fingerprint density at radius 2 is 2.11 bits per heavy atom. The van der Waals surface area contributed by atoms with Crippen molar-refractivity contribution in [3.8, 4) is 0 Å². The molecule has 0 aliphatic carbocycles. The van der Waals surface area contributed by atoms with E-state index in [0.29, 0.717) is 11.6 Å². The van der Waals surface area contributed by atoms with Crippen molar-refractivity contribution in [3.63, 3.8) is 0 Å². The zero-order valence-corrected chi connectivity index (χ0v) is 11.3. The maximum absolute atomic E-state index is 11.3. The van der Waals surface area contributed by atoms with E-state index >= 15 is 0 Å². The van der Waals surface area contributed by atoms with Crippen molar-refractivity contribution in [2.24, 2.45) is 0 Å². The lowest BCUT2D eigenvalue weighted by Gasteiger charge is -2.13. The summed E-state index contributed by atoms with van der Waals surface area (Å²) in [6.07, 6.45) is 1.02. The molecule has 0 aromatic carbocycles. The molecule has 0 radical (unpaired) electrons. The van der Waals surface area contributed by atoms with Crippen LogP contribution in [0.25, 0.3) is 0 Å². The van der Waals surface area contributed by atoms with Gasteiger partial charge in [0.15, 0.2) is 0 Å². The van der Waals surface area contributed by atoms with Crippen molar-refractivity contribution in [1.29, 1.82) is 0 Å². The number of rotatable bonds is 6. The second-order valence-electron chi connectivity index (χ2n) is 4.00. The summed E-state index contributed by atoms with van der Waals surface area (Å²) in [6, 6.07) is 1.34. The highest BCUT2D eigenvalue weighted by atomic mass is 16.5. The van der Waals surface area contributed by atoms with E-state index in [9.17, 15) is 4.79 Å². The van der Waals surface area contributed by atoms with Crippen molar-refractivity contribution >= 4 is 17.6 Å². The first-order chi connectivity index (χ1) is 8.56. The minimum atomic E-state index is -0.441. The normalized spacial score (nSPS) is 11.8. The molecule has 1 aromatic rings. The molecule has 6 heteroatoms. The molecule has 1 unspecified atom stereocenters. The van der Waals surface area contributed by atoms with Crippen molar-refractivity contribution in [1.82, 2.24) is 9.97 Å². The quantitative estimate of drug-likeness (QED) is 0.749. The first-order valence-corrected chi connectivity index (χ1v) is 6.00. The van der Waals surface area contributed by atoms with Gasteiger partial charge in [0.25, 0.3) is 0 Å². The zero-order valence-electron chi connectivity index (χ0n) is 11.3. The Morgan fingerprint density at radius 3 is 2.72 bits per heavy atom. The van der Waals surface area contributed by atoms with Crippen LogP contribution >= 0.6 is 0 Å². The lowest BCUT2D eigenvalue weighted by molar-refractivity contribution is -0.141. The SMILES string of the molecule is CCCNc1cc(NC(C)C(=O)OC)nc(C)n1. The number of carbonyl (C=O) groups excluding carboxylic acids is 1. The Morgan fingerprint density at radius 1 is 1.44 bits per heavy atom. The molecule has 0 amide bonds. The van der Waals surface area contributed by atoms with Gasteiger partial charge in [-0.2, -0.15) is 0 Å². The fourth-order valence-electron chi connectivity index (χ4n) is 1.44. The Bertz CT molecular complexity index is 409. The average molecular weight is 252 g/mol. The number of aromatic nitrogens is 2. The van der Waals surface area contributed by atoms with Gasteiger partial charge in [0.05, 0.1) is 7.11 Å². The van der Waals surface area contributed by atoms with Gasteiger partial charge in [-0.25, -0.2) is 14.8 Å². The molecular weight excluding hydrogens is 232 g/mol. The second-order valence-corrected chi connectivity index (χ2v) is 4.00. The number of carbonyl (C=O) groups is 1. The van der Waals surface area contributed by atoms with Crippen LogP contribution in [0.4, 0.5) is 11.6 Å². The molecule has 1 aromatic heterocycles. The van der Waals surface area contributed by atoms with Gasteiger partial charge >= 0.3 is 5.97 Å². The maximum Gasteiger partial charge on any atom is 0.328 e.